The number of halogens is 2. The Morgan fingerprint density at radius 3 is 2.80 bits per heavy atom. The lowest BCUT2D eigenvalue weighted by Crippen LogP contribution is -2.15. The van der Waals surface area contributed by atoms with Gasteiger partial charge in [0.05, 0.1) is 10.6 Å². The van der Waals surface area contributed by atoms with Crippen molar-refractivity contribution in [3.63, 3.8) is 0 Å². The maximum Gasteiger partial charge on any atom is 0.137 e. The predicted octanol–water partition coefficient (Wildman–Crippen LogP) is 3.81. The van der Waals surface area contributed by atoms with Gasteiger partial charge in [0.2, 0.25) is 0 Å². The first-order valence-corrected chi connectivity index (χ1v) is 6.09. The Balaban J connectivity index is 2.09. The van der Waals surface area contributed by atoms with Crippen LogP contribution in [0.1, 0.15) is 37.4 Å². The largest absolute Gasteiger partial charge is 0.388 e. The van der Waals surface area contributed by atoms with E-state index in [9.17, 15) is 9.50 Å². The van der Waals surface area contributed by atoms with Crippen LogP contribution in [0.4, 0.5) is 4.39 Å². The lowest BCUT2D eigenvalue weighted by atomic mass is 9.80. The Kier molecular flexibility index (Phi) is 3.42. The van der Waals surface area contributed by atoms with Gasteiger partial charge >= 0.3 is 0 Å². The fraction of sp³-hybridized carbons (Fsp3) is 0.500. The van der Waals surface area contributed by atoms with Crippen molar-refractivity contribution >= 4 is 15.9 Å². The quantitative estimate of drug-likeness (QED) is 0.887. The summed E-state index contributed by atoms with van der Waals surface area (Å²) in [6.45, 7) is 0. The van der Waals surface area contributed by atoms with Crippen molar-refractivity contribution in [3.05, 3.63) is 34.1 Å². The molecule has 1 aromatic rings. The van der Waals surface area contributed by atoms with Crippen LogP contribution in [0.3, 0.4) is 0 Å². The molecule has 1 saturated carbocycles. The van der Waals surface area contributed by atoms with Crippen LogP contribution >= 0.6 is 15.9 Å². The summed E-state index contributed by atoms with van der Waals surface area (Å²) in [4.78, 5) is 0. The maximum atomic E-state index is 13.2. The minimum atomic E-state index is -0.541. The van der Waals surface area contributed by atoms with E-state index in [1.165, 1.54) is 25.3 Å². The maximum absolute atomic E-state index is 13.2. The molecule has 1 atom stereocenters. The molecule has 0 radical (unpaired) electrons. The highest BCUT2D eigenvalue weighted by Crippen LogP contribution is 2.36. The van der Waals surface area contributed by atoms with Crippen LogP contribution in [0.25, 0.3) is 0 Å². The van der Waals surface area contributed by atoms with Crippen molar-refractivity contribution in [1.82, 2.24) is 0 Å². The first kappa shape index (κ1) is 11.1. The zero-order chi connectivity index (χ0) is 10.8. The number of benzene rings is 1. The zero-order valence-electron chi connectivity index (χ0n) is 8.42. The van der Waals surface area contributed by atoms with Gasteiger partial charge < -0.3 is 5.11 Å². The monoisotopic (exact) mass is 272 g/mol. The summed E-state index contributed by atoms with van der Waals surface area (Å²) in [6.07, 6.45) is 3.87. The van der Waals surface area contributed by atoms with Crippen molar-refractivity contribution in [3.8, 4) is 0 Å². The van der Waals surface area contributed by atoms with E-state index in [2.05, 4.69) is 15.9 Å². The molecule has 2 rings (SSSR count). The third kappa shape index (κ3) is 2.40. The molecule has 0 aliphatic heterocycles. The lowest BCUT2D eigenvalue weighted by Gasteiger charge is -2.28. The molecule has 15 heavy (non-hydrogen) atoms. The highest BCUT2D eigenvalue weighted by atomic mass is 79.9. The van der Waals surface area contributed by atoms with Gasteiger partial charge in [0, 0.05) is 0 Å². The average molecular weight is 273 g/mol. The van der Waals surface area contributed by atoms with E-state index in [-0.39, 0.29) is 5.82 Å². The number of aliphatic hydroxyl groups excluding tert-OH is 1. The van der Waals surface area contributed by atoms with E-state index in [1.54, 1.807) is 12.1 Å². The van der Waals surface area contributed by atoms with Gasteiger partial charge in [-0.25, -0.2) is 4.39 Å². The summed E-state index contributed by atoms with van der Waals surface area (Å²) in [6, 6.07) is 4.81. The molecule has 0 spiro atoms. The second-order valence-corrected chi connectivity index (χ2v) is 4.98. The van der Waals surface area contributed by atoms with Crippen LogP contribution in [0.2, 0.25) is 0 Å². The Hall–Kier alpha value is -0.410. The molecular weight excluding hydrogens is 259 g/mol. The molecule has 1 nitrogen and oxygen atoms in total. The SMILES string of the molecule is OC(CC1CCC1)c1cccc(F)c1Br. The highest BCUT2D eigenvalue weighted by Gasteiger charge is 2.23. The molecule has 0 amide bonds. The Labute approximate surface area is 97.4 Å². The summed E-state index contributed by atoms with van der Waals surface area (Å²) < 4.78 is 13.6. The van der Waals surface area contributed by atoms with E-state index >= 15 is 0 Å². The molecule has 1 aliphatic rings. The summed E-state index contributed by atoms with van der Waals surface area (Å²) >= 11 is 3.18. The minimum Gasteiger partial charge on any atom is -0.388 e. The van der Waals surface area contributed by atoms with Crippen LogP contribution < -0.4 is 0 Å². The van der Waals surface area contributed by atoms with E-state index in [1.807, 2.05) is 0 Å². The number of hydrogen-bond acceptors (Lipinski definition) is 1. The first-order valence-electron chi connectivity index (χ1n) is 5.30. The lowest BCUT2D eigenvalue weighted by molar-refractivity contribution is 0.117. The van der Waals surface area contributed by atoms with Crippen molar-refractivity contribution in [2.75, 3.05) is 0 Å². The van der Waals surface area contributed by atoms with E-state index in [0.29, 0.717) is 16.0 Å². The Morgan fingerprint density at radius 2 is 2.20 bits per heavy atom. The van der Waals surface area contributed by atoms with Crippen LogP contribution in [0.15, 0.2) is 22.7 Å². The van der Waals surface area contributed by atoms with E-state index < -0.39 is 6.10 Å². The smallest absolute Gasteiger partial charge is 0.137 e. The van der Waals surface area contributed by atoms with Crippen molar-refractivity contribution in [1.29, 1.82) is 0 Å². The van der Waals surface area contributed by atoms with Gasteiger partial charge in [-0.15, -0.1) is 0 Å². The second kappa shape index (κ2) is 4.62. The third-order valence-electron chi connectivity index (χ3n) is 3.12. The average Bonchev–Trinajstić information content (AvgIpc) is 2.15. The minimum absolute atomic E-state index is 0.305. The van der Waals surface area contributed by atoms with Gasteiger partial charge in [0.25, 0.3) is 0 Å². The number of rotatable bonds is 3. The van der Waals surface area contributed by atoms with Crippen LogP contribution in [-0.4, -0.2) is 5.11 Å². The van der Waals surface area contributed by atoms with Gasteiger partial charge in [0.1, 0.15) is 5.82 Å². The summed E-state index contributed by atoms with van der Waals surface area (Å²) in [5, 5.41) is 9.96. The Bertz CT molecular complexity index is 349. The molecule has 0 aromatic heterocycles. The summed E-state index contributed by atoms with van der Waals surface area (Å²) in [5.41, 5.74) is 0.668. The normalized spacial score (nSPS) is 18.6. The van der Waals surface area contributed by atoms with Gasteiger partial charge in [-0.2, -0.15) is 0 Å². The third-order valence-corrected chi connectivity index (χ3v) is 3.96. The van der Waals surface area contributed by atoms with Crippen LogP contribution in [0.5, 0.6) is 0 Å². The summed E-state index contributed by atoms with van der Waals surface area (Å²) in [7, 11) is 0. The number of hydrogen-bond donors (Lipinski definition) is 1. The standard InChI is InChI=1S/C12H14BrFO/c13-12-9(5-2-6-10(12)14)11(15)7-8-3-1-4-8/h2,5-6,8,11,15H,1,3-4,7H2. The van der Waals surface area contributed by atoms with Gasteiger partial charge in [-0.05, 0) is 39.9 Å². The molecule has 1 N–H and O–H groups in total. The fourth-order valence-corrected chi connectivity index (χ4v) is 2.48. The fourth-order valence-electron chi connectivity index (χ4n) is 1.95. The molecule has 3 heteroatoms. The van der Waals surface area contributed by atoms with Crippen LogP contribution in [-0.2, 0) is 0 Å². The molecule has 1 aromatic carbocycles. The molecule has 82 valence electrons. The van der Waals surface area contributed by atoms with Gasteiger partial charge in [-0.1, -0.05) is 31.4 Å². The topological polar surface area (TPSA) is 20.2 Å². The first-order chi connectivity index (χ1) is 7.18. The number of aliphatic hydroxyl groups is 1. The molecule has 1 aliphatic carbocycles. The Morgan fingerprint density at radius 1 is 1.47 bits per heavy atom. The van der Waals surface area contributed by atoms with E-state index in [4.69, 9.17) is 0 Å². The van der Waals surface area contributed by atoms with Gasteiger partial charge in [-0.3, -0.25) is 0 Å². The predicted molar refractivity (Wildman–Crippen MR) is 61.0 cm³/mol. The second-order valence-electron chi connectivity index (χ2n) is 4.19. The molecule has 1 unspecified atom stereocenters. The van der Waals surface area contributed by atoms with Crippen molar-refractivity contribution < 1.29 is 9.50 Å². The summed E-state index contributed by atoms with van der Waals surface area (Å²) in [5.74, 6) is 0.315. The zero-order valence-corrected chi connectivity index (χ0v) is 10.0. The molecule has 1 fully saturated rings. The molecular formula is C12H14BrFO. The van der Waals surface area contributed by atoms with Crippen LogP contribution in [0, 0.1) is 11.7 Å². The van der Waals surface area contributed by atoms with Crippen molar-refractivity contribution in [2.24, 2.45) is 5.92 Å². The van der Waals surface area contributed by atoms with E-state index in [0.717, 1.165) is 6.42 Å². The molecule has 0 heterocycles. The molecule has 0 bridgehead atoms. The van der Waals surface area contributed by atoms with Crippen molar-refractivity contribution in [2.45, 2.75) is 31.8 Å². The molecule has 0 saturated heterocycles. The highest BCUT2D eigenvalue weighted by molar-refractivity contribution is 9.10. The van der Waals surface area contributed by atoms with Gasteiger partial charge in [0.15, 0.2) is 0 Å².